The fourth-order valence-electron chi connectivity index (χ4n) is 2.27. The van der Waals surface area contributed by atoms with Crippen LogP contribution in [-0.2, 0) is 9.47 Å². The highest BCUT2D eigenvalue weighted by atomic mass is 16.5. The van der Waals surface area contributed by atoms with Gasteiger partial charge >= 0.3 is 0 Å². The molecule has 0 aromatic rings. The molecule has 0 bridgehead atoms. The van der Waals surface area contributed by atoms with Gasteiger partial charge in [0.05, 0.1) is 18.8 Å². The molecule has 0 heterocycles. The lowest BCUT2D eigenvalue weighted by atomic mass is 9.93. The lowest BCUT2D eigenvalue weighted by Crippen LogP contribution is -2.38. The van der Waals surface area contributed by atoms with Crippen molar-refractivity contribution in [2.75, 3.05) is 27.4 Å². The second-order valence-corrected chi connectivity index (χ2v) is 4.57. The molecule has 1 aliphatic rings. The summed E-state index contributed by atoms with van der Waals surface area (Å²) in [6.07, 6.45) is 5.55. The van der Waals surface area contributed by atoms with Gasteiger partial charge < -0.3 is 19.9 Å². The number of aliphatic hydroxyl groups excluding tert-OH is 1. The van der Waals surface area contributed by atoms with Crippen LogP contribution in [0.3, 0.4) is 0 Å². The van der Waals surface area contributed by atoms with Crippen molar-refractivity contribution < 1.29 is 14.6 Å². The monoisotopic (exact) mass is 231 g/mol. The molecular formula is C12H25NO3. The summed E-state index contributed by atoms with van der Waals surface area (Å²) in [6.45, 7) is 1.28. The summed E-state index contributed by atoms with van der Waals surface area (Å²) in [5.41, 5.74) is 0. The van der Waals surface area contributed by atoms with Gasteiger partial charge in [-0.15, -0.1) is 0 Å². The fourth-order valence-corrected chi connectivity index (χ4v) is 2.27. The number of rotatable bonds is 7. The molecule has 96 valence electrons. The molecular weight excluding hydrogens is 206 g/mol. The Morgan fingerprint density at radius 2 is 2.19 bits per heavy atom. The van der Waals surface area contributed by atoms with Gasteiger partial charge in [0.25, 0.3) is 0 Å². The van der Waals surface area contributed by atoms with Crippen LogP contribution in [0.4, 0.5) is 0 Å². The average molecular weight is 231 g/mol. The number of aliphatic hydroxyl groups is 1. The van der Waals surface area contributed by atoms with Gasteiger partial charge in [0.15, 0.2) is 0 Å². The normalized spacial score (nSPS) is 27.9. The van der Waals surface area contributed by atoms with Crippen molar-refractivity contribution >= 4 is 0 Å². The highest BCUT2D eigenvalue weighted by Crippen LogP contribution is 2.20. The van der Waals surface area contributed by atoms with Crippen LogP contribution in [0.1, 0.15) is 32.1 Å². The summed E-state index contributed by atoms with van der Waals surface area (Å²) in [7, 11) is 3.40. The molecule has 1 aliphatic carbocycles. The summed E-state index contributed by atoms with van der Waals surface area (Å²) in [6, 6.07) is 0.549. The number of nitrogens with one attached hydrogen (secondary N) is 1. The van der Waals surface area contributed by atoms with E-state index in [0.717, 1.165) is 19.4 Å². The van der Waals surface area contributed by atoms with Crippen LogP contribution in [0.15, 0.2) is 0 Å². The molecule has 0 amide bonds. The predicted octanol–water partition coefficient (Wildman–Crippen LogP) is 0.931. The van der Waals surface area contributed by atoms with Crippen LogP contribution in [0.25, 0.3) is 0 Å². The van der Waals surface area contributed by atoms with Gasteiger partial charge in [0.2, 0.25) is 0 Å². The Morgan fingerprint density at radius 1 is 1.38 bits per heavy atom. The highest BCUT2D eigenvalue weighted by Gasteiger charge is 2.21. The second-order valence-electron chi connectivity index (χ2n) is 4.57. The van der Waals surface area contributed by atoms with E-state index in [0.29, 0.717) is 18.8 Å². The van der Waals surface area contributed by atoms with Crippen LogP contribution >= 0.6 is 0 Å². The largest absolute Gasteiger partial charge is 0.391 e. The van der Waals surface area contributed by atoms with Crippen LogP contribution in [0, 0.1) is 0 Å². The molecule has 0 aromatic carbocycles. The minimum Gasteiger partial charge on any atom is -0.391 e. The molecule has 16 heavy (non-hydrogen) atoms. The van der Waals surface area contributed by atoms with E-state index in [1.165, 1.54) is 19.3 Å². The maximum atomic E-state index is 9.49. The average Bonchev–Trinajstić information content (AvgIpc) is 2.30. The Balaban J connectivity index is 2.08. The van der Waals surface area contributed by atoms with E-state index >= 15 is 0 Å². The maximum absolute atomic E-state index is 9.49. The van der Waals surface area contributed by atoms with Crippen LogP contribution in [-0.4, -0.2) is 50.7 Å². The first-order valence-electron chi connectivity index (χ1n) is 6.19. The standard InChI is InChI=1S/C12H25NO3/c1-15-9-11(14)6-7-13-10-4-3-5-12(8-10)16-2/h10-14H,3-9H2,1-2H3. The Kier molecular flexibility index (Phi) is 6.96. The summed E-state index contributed by atoms with van der Waals surface area (Å²) in [4.78, 5) is 0. The number of hydrogen-bond acceptors (Lipinski definition) is 4. The van der Waals surface area contributed by atoms with Crippen LogP contribution in [0.2, 0.25) is 0 Å². The van der Waals surface area contributed by atoms with Crippen molar-refractivity contribution in [3.05, 3.63) is 0 Å². The second kappa shape index (κ2) is 8.01. The third kappa shape index (κ3) is 5.25. The van der Waals surface area contributed by atoms with Gasteiger partial charge in [-0.2, -0.15) is 0 Å². The van der Waals surface area contributed by atoms with Crippen LogP contribution in [0.5, 0.6) is 0 Å². The molecule has 1 saturated carbocycles. The molecule has 4 heteroatoms. The smallest absolute Gasteiger partial charge is 0.0785 e. The van der Waals surface area contributed by atoms with Crippen molar-refractivity contribution in [1.82, 2.24) is 5.32 Å². The van der Waals surface area contributed by atoms with Gasteiger partial charge in [-0.05, 0) is 38.6 Å². The summed E-state index contributed by atoms with van der Waals surface area (Å²) >= 11 is 0. The van der Waals surface area contributed by atoms with E-state index in [4.69, 9.17) is 9.47 Å². The lowest BCUT2D eigenvalue weighted by molar-refractivity contribution is 0.0504. The zero-order valence-corrected chi connectivity index (χ0v) is 10.4. The minimum atomic E-state index is -0.348. The molecule has 0 radical (unpaired) electrons. The van der Waals surface area contributed by atoms with E-state index < -0.39 is 0 Å². The zero-order valence-electron chi connectivity index (χ0n) is 10.4. The van der Waals surface area contributed by atoms with Gasteiger partial charge in [-0.3, -0.25) is 0 Å². The number of methoxy groups -OCH3 is 2. The van der Waals surface area contributed by atoms with Gasteiger partial charge in [0, 0.05) is 20.3 Å². The molecule has 1 rings (SSSR count). The van der Waals surface area contributed by atoms with Crippen molar-refractivity contribution in [3.8, 4) is 0 Å². The lowest BCUT2D eigenvalue weighted by Gasteiger charge is -2.29. The first-order chi connectivity index (χ1) is 7.76. The molecule has 2 N–H and O–H groups in total. The van der Waals surface area contributed by atoms with Crippen molar-refractivity contribution in [1.29, 1.82) is 0 Å². The topological polar surface area (TPSA) is 50.7 Å². The maximum Gasteiger partial charge on any atom is 0.0785 e. The van der Waals surface area contributed by atoms with E-state index in [2.05, 4.69) is 5.32 Å². The SMILES string of the molecule is COCC(O)CCNC1CCCC(OC)C1. The Morgan fingerprint density at radius 3 is 2.88 bits per heavy atom. The Labute approximate surface area is 98.3 Å². The molecule has 1 fully saturated rings. The number of ether oxygens (including phenoxy) is 2. The number of hydrogen-bond donors (Lipinski definition) is 2. The summed E-state index contributed by atoms with van der Waals surface area (Å²) in [5, 5.41) is 13.0. The van der Waals surface area contributed by atoms with Crippen molar-refractivity contribution in [3.63, 3.8) is 0 Å². The van der Waals surface area contributed by atoms with Gasteiger partial charge in [-0.1, -0.05) is 0 Å². The quantitative estimate of drug-likeness (QED) is 0.684. The van der Waals surface area contributed by atoms with E-state index in [9.17, 15) is 5.11 Å². The first kappa shape index (κ1) is 13.9. The Bertz CT molecular complexity index is 178. The Hall–Kier alpha value is -0.160. The van der Waals surface area contributed by atoms with Gasteiger partial charge in [-0.25, -0.2) is 0 Å². The van der Waals surface area contributed by atoms with E-state index in [1.54, 1.807) is 14.2 Å². The highest BCUT2D eigenvalue weighted by molar-refractivity contribution is 4.78. The fraction of sp³-hybridized carbons (Fsp3) is 1.00. The van der Waals surface area contributed by atoms with E-state index in [-0.39, 0.29) is 6.10 Å². The van der Waals surface area contributed by atoms with Crippen molar-refractivity contribution in [2.24, 2.45) is 0 Å². The third-order valence-corrected chi connectivity index (χ3v) is 3.23. The molecule has 0 aromatic heterocycles. The molecule has 3 atom stereocenters. The van der Waals surface area contributed by atoms with Gasteiger partial charge in [0.1, 0.15) is 0 Å². The molecule has 0 aliphatic heterocycles. The molecule has 0 saturated heterocycles. The summed E-state index contributed by atoms with van der Waals surface area (Å²) in [5.74, 6) is 0. The molecule has 3 unspecified atom stereocenters. The third-order valence-electron chi connectivity index (χ3n) is 3.23. The first-order valence-corrected chi connectivity index (χ1v) is 6.19. The molecule has 4 nitrogen and oxygen atoms in total. The van der Waals surface area contributed by atoms with Crippen LogP contribution < -0.4 is 5.32 Å². The summed E-state index contributed by atoms with van der Waals surface area (Å²) < 4.78 is 10.3. The minimum absolute atomic E-state index is 0.348. The van der Waals surface area contributed by atoms with E-state index in [1.807, 2.05) is 0 Å². The zero-order chi connectivity index (χ0) is 11.8. The molecule has 0 spiro atoms. The predicted molar refractivity (Wildman–Crippen MR) is 63.6 cm³/mol. The van der Waals surface area contributed by atoms with Crippen molar-refractivity contribution in [2.45, 2.75) is 50.4 Å².